The van der Waals surface area contributed by atoms with Crippen LogP contribution in [0.2, 0.25) is 5.02 Å². The summed E-state index contributed by atoms with van der Waals surface area (Å²) in [6, 6.07) is 12.4. The van der Waals surface area contributed by atoms with Crippen LogP contribution in [0.15, 0.2) is 48.5 Å². The molecule has 5 nitrogen and oxygen atoms in total. The van der Waals surface area contributed by atoms with Gasteiger partial charge < -0.3 is 25.0 Å². The van der Waals surface area contributed by atoms with Crippen LogP contribution in [0.5, 0.6) is 11.5 Å². The quantitative estimate of drug-likeness (QED) is 0.289. The van der Waals surface area contributed by atoms with Crippen LogP contribution >= 0.6 is 11.6 Å². The number of aliphatic hydroxyl groups is 2. The van der Waals surface area contributed by atoms with E-state index < -0.39 is 40.7 Å². The molecule has 0 aromatic heterocycles. The summed E-state index contributed by atoms with van der Waals surface area (Å²) in [5.74, 6) is -2.85. The Bertz CT molecular complexity index is 1350. The van der Waals surface area contributed by atoms with Crippen molar-refractivity contribution in [2.75, 3.05) is 6.54 Å². The zero-order chi connectivity index (χ0) is 27.9. The van der Waals surface area contributed by atoms with Gasteiger partial charge in [0, 0.05) is 35.3 Å². The maximum absolute atomic E-state index is 15.6. The lowest BCUT2D eigenvalue weighted by Crippen LogP contribution is -2.48. The largest absolute Gasteiger partial charge is 0.478 e. The Morgan fingerprint density at radius 2 is 1.74 bits per heavy atom. The molecule has 0 spiro atoms. The van der Waals surface area contributed by atoms with E-state index in [1.807, 2.05) is 0 Å². The monoisotopic (exact) mass is 565 g/mol. The number of rotatable bonds is 7. The first kappa shape index (κ1) is 27.7. The predicted molar refractivity (Wildman–Crippen MR) is 138 cm³/mol. The van der Waals surface area contributed by atoms with Gasteiger partial charge in [-0.2, -0.15) is 8.78 Å². The Kier molecular flexibility index (Phi) is 7.79. The van der Waals surface area contributed by atoms with Crippen molar-refractivity contribution < 1.29 is 37.2 Å². The first-order valence-electron chi connectivity index (χ1n) is 12.7. The highest BCUT2D eigenvalue weighted by Gasteiger charge is 2.51. The van der Waals surface area contributed by atoms with Crippen molar-refractivity contribution in [3.63, 3.8) is 0 Å². The fourth-order valence-corrected chi connectivity index (χ4v) is 5.85. The van der Waals surface area contributed by atoms with Gasteiger partial charge in [-0.05, 0) is 49.8 Å². The second kappa shape index (κ2) is 11.0. The van der Waals surface area contributed by atoms with E-state index in [0.717, 1.165) is 25.0 Å². The van der Waals surface area contributed by atoms with Crippen molar-refractivity contribution in [1.82, 2.24) is 5.32 Å². The fraction of sp³-hybridized carbons (Fsp3) is 0.379. The Hall–Kier alpha value is -2.85. The summed E-state index contributed by atoms with van der Waals surface area (Å²) in [7, 11) is 0. The molecule has 3 aromatic carbocycles. The van der Waals surface area contributed by atoms with Crippen LogP contribution < -0.4 is 14.8 Å². The van der Waals surface area contributed by atoms with Crippen molar-refractivity contribution in [3.05, 3.63) is 81.9 Å². The number of fused-ring (bicyclic) bond motifs is 1. The van der Waals surface area contributed by atoms with E-state index in [9.17, 15) is 19.0 Å². The second-order valence-corrected chi connectivity index (χ2v) is 10.4. The third-order valence-electron chi connectivity index (χ3n) is 7.62. The van der Waals surface area contributed by atoms with Crippen molar-refractivity contribution in [3.8, 4) is 22.6 Å². The van der Waals surface area contributed by atoms with Crippen LogP contribution in [0.4, 0.5) is 17.6 Å². The Morgan fingerprint density at radius 3 is 2.41 bits per heavy atom. The molecule has 5 rings (SSSR count). The normalized spacial score (nSPS) is 24.5. The van der Waals surface area contributed by atoms with Gasteiger partial charge in [0.15, 0.2) is 17.2 Å². The maximum Gasteiger partial charge on any atom is 0.387 e. The van der Waals surface area contributed by atoms with Crippen molar-refractivity contribution in [2.24, 2.45) is 0 Å². The molecule has 0 radical (unpaired) electrons. The minimum Gasteiger partial charge on any atom is -0.478 e. The number of benzene rings is 3. The molecule has 0 bridgehead atoms. The Balaban J connectivity index is 1.63. The molecule has 39 heavy (non-hydrogen) atoms. The van der Waals surface area contributed by atoms with Crippen LogP contribution in [0.1, 0.15) is 48.5 Å². The SMILES string of the molecule is Cc1ccc(OC(F)F)c(F)c1-c1c(Cl)c(F)cc2c1[C@H](O)[C@@](CNC1CCC(O)CC1)(c1ccccc1)O2. The summed E-state index contributed by atoms with van der Waals surface area (Å²) in [4.78, 5) is 0. The van der Waals surface area contributed by atoms with Gasteiger partial charge in [-0.25, -0.2) is 8.78 Å². The van der Waals surface area contributed by atoms with Gasteiger partial charge in [0.2, 0.25) is 0 Å². The molecule has 1 fully saturated rings. The number of alkyl halides is 2. The molecule has 3 N–H and O–H groups in total. The highest BCUT2D eigenvalue weighted by molar-refractivity contribution is 6.34. The summed E-state index contributed by atoms with van der Waals surface area (Å²) in [6.07, 6.45) is 0.937. The van der Waals surface area contributed by atoms with E-state index in [1.54, 1.807) is 30.3 Å². The van der Waals surface area contributed by atoms with E-state index in [-0.39, 0.29) is 46.7 Å². The summed E-state index contributed by atoms with van der Waals surface area (Å²) in [5, 5.41) is 24.7. The molecule has 0 unspecified atom stereocenters. The topological polar surface area (TPSA) is 71.0 Å². The van der Waals surface area contributed by atoms with Gasteiger partial charge in [-0.15, -0.1) is 0 Å². The summed E-state index contributed by atoms with van der Waals surface area (Å²) >= 11 is 6.39. The van der Waals surface area contributed by atoms with E-state index in [2.05, 4.69) is 10.1 Å². The summed E-state index contributed by atoms with van der Waals surface area (Å²) in [5.41, 5.74) is -0.990. The van der Waals surface area contributed by atoms with Gasteiger partial charge >= 0.3 is 6.61 Å². The first-order valence-corrected chi connectivity index (χ1v) is 13.1. The summed E-state index contributed by atoms with van der Waals surface area (Å²) < 4.78 is 67.4. The lowest BCUT2D eigenvalue weighted by atomic mass is 9.82. The molecule has 3 aromatic rings. The number of hydrogen-bond donors (Lipinski definition) is 3. The fourth-order valence-electron chi connectivity index (χ4n) is 5.60. The zero-order valence-electron chi connectivity index (χ0n) is 21.1. The summed E-state index contributed by atoms with van der Waals surface area (Å²) in [6.45, 7) is -1.65. The highest BCUT2D eigenvalue weighted by atomic mass is 35.5. The van der Waals surface area contributed by atoms with Gasteiger partial charge in [0.05, 0.1) is 11.1 Å². The van der Waals surface area contributed by atoms with Gasteiger partial charge in [-0.3, -0.25) is 0 Å². The Labute approximate surface area is 228 Å². The smallest absolute Gasteiger partial charge is 0.387 e. The van der Waals surface area contributed by atoms with Gasteiger partial charge in [0.1, 0.15) is 17.7 Å². The second-order valence-electron chi connectivity index (χ2n) is 10.1. The van der Waals surface area contributed by atoms with Crippen LogP contribution in [-0.4, -0.2) is 35.5 Å². The van der Waals surface area contributed by atoms with E-state index >= 15 is 8.78 Å². The number of halogens is 5. The molecule has 208 valence electrons. The van der Waals surface area contributed by atoms with Gasteiger partial charge in [0.25, 0.3) is 0 Å². The van der Waals surface area contributed by atoms with Crippen LogP contribution in [0.3, 0.4) is 0 Å². The average molecular weight is 566 g/mol. The van der Waals surface area contributed by atoms with Gasteiger partial charge in [-0.1, -0.05) is 48.0 Å². The molecule has 0 amide bonds. The first-order chi connectivity index (χ1) is 18.6. The molecule has 10 heteroatoms. The molecule has 1 aliphatic carbocycles. The van der Waals surface area contributed by atoms with E-state index in [0.29, 0.717) is 18.4 Å². The molecular weight excluding hydrogens is 538 g/mol. The number of aliphatic hydroxyl groups excluding tert-OH is 2. The molecule has 2 aliphatic rings. The zero-order valence-corrected chi connectivity index (χ0v) is 21.8. The molecule has 1 heterocycles. The molecule has 0 saturated heterocycles. The third kappa shape index (κ3) is 5.09. The minimum absolute atomic E-state index is 0.0388. The van der Waals surface area contributed by atoms with E-state index in [1.165, 1.54) is 13.0 Å². The average Bonchev–Trinajstić information content (AvgIpc) is 3.19. The van der Waals surface area contributed by atoms with Crippen molar-refractivity contribution in [1.29, 1.82) is 0 Å². The predicted octanol–water partition coefficient (Wildman–Crippen LogP) is 6.41. The van der Waals surface area contributed by atoms with Crippen LogP contribution in [0.25, 0.3) is 11.1 Å². The minimum atomic E-state index is -3.28. The number of aryl methyl sites for hydroxylation is 1. The maximum atomic E-state index is 15.6. The third-order valence-corrected chi connectivity index (χ3v) is 7.99. The van der Waals surface area contributed by atoms with Crippen LogP contribution in [-0.2, 0) is 5.60 Å². The molecule has 2 atom stereocenters. The Morgan fingerprint density at radius 1 is 1.05 bits per heavy atom. The lowest BCUT2D eigenvalue weighted by Gasteiger charge is -2.36. The number of nitrogens with one attached hydrogen (secondary N) is 1. The lowest BCUT2D eigenvalue weighted by molar-refractivity contribution is -0.0521. The number of hydrogen-bond acceptors (Lipinski definition) is 5. The molecular formula is C29H28ClF4NO4. The standard InChI is InChI=1S/C29H28ClF4NO4/c1-15-7-12-20(38-28(33)34)26(32)22(15)24-23-21(13-19(31)25(24)30)39-29(27(23)37,16-5-3-2-4-6-16)14-35-17-8-10-18(36)11-9-17/h2-7,12-13,17-18,27-28,35-37H,8-11,14H2,1H3/t17?,18?,27-,29+/m0/s1. The van der Waals surface area contributed by atoms with Crippen molar-refractivity contribution >= 4 is 11.6 Å². The van der Waals surface area contributed by atoms with Crippen molar-refractivity contribution in [2.45, 2.75) is 63.1 Å². The molecule has 1 saturated carbocycles. The molecule has 1 aliphatic heterocycles. The van der Waals surface area contributed by atoms with E-state index in [4.69, 9.17) is 16.3 Å². The van der Waals surface area contributed by atoms with Crippen LogP contribution in [0, 0.1) is 18.6 Å². The number of ether oxygens (including phenoxy) is 2. The highest BCUT2D eigenvalue weighted by Crippen LogP contribution is 2.55.